The number of nitrogens with zero attached hydrogens (tertiary/aromatic N) is 1. The number of aromatic carboxylic acids is 1. The van der Waals surface area contributed by atoms with Crippen LogP contribution in [0.3, 0.4) is 0 Å². The highest BCUT2D eigenvalue weighted by Crippen LogP contribution is 2.37. The van der Waals surface area contributed by atoms with Gasteiger partial charge in [-0.15, -0.1) is 0 Å². The van der Waals surface area contributed by atoms with Crippen molar-refractivity contribution in [2.75, 3.05) is 0 Å². The van der Waals surface area contributed by atoms with Gasteiger partial charge in [-0.1, -0.05) is 55.4 Å². The summed E-state index contributed by atoms with van der Waals surface area (Å²) in [6.07, 6.45) is 7.36. The fourth-order valence-electron chi connectivity index (χ4n) is 3.01. The van der Waals surface area contributed by atoms with Gasteiger partial charge in [0.2, 0.25) is 0 Å². The van der Waals surface area contributed by atoms with Crippen LogP contribution in [0, 0.1) is 0 Å². The van der Waals surface area contributed by atoms with Gasteiger partial charge in [-0.3, -0.25) is 9.69 Å². The lowest BCUT2D eigenvalue weighted by Gasteiger charge is -2.29. The largest absolute Gasteiger partial charge is 0.478 e. The zero-order chi connectivity index (χ0) is 16.4. The van der Waals surface area contributed by atoms with Gasteiger partial charge in [-0.25, -0.2) is 4.79 Å². The third-order valence-electron chi connectivity index (χ3n) is 4.22. The Morgan fingerprint density at radius 3 is 2.48 bits per heavy atom. The molecule has 1 saturated heterocycles. The first-order valence-electron chi connectivity index (χ1n) is 7.66. The molecule has 23 heavy (non-hydrogen) atoms. The Bertz CT molecular complexity index is 676. The Balaban J connectivity index is 1.79. The van der Waals surface area contributed by atoms with Gasteiger partial charge in [-0.2, -0.15) is 0 Å². The molecule has 1 heterocycles. The predicted octanol–water partition coefficient (Wildman–Crippen LogP) is 3.92. The van der Waals surface area contributed by atoms with E-state index in [1.165, 1.54) is 30.3 Å². The topological polar surface area (TPSA) is 57.6 Å². The molecule has 3 rings (SSSR count). The van der Waals surface area contributed by atoms with Crippen molar-refractivity contribution in [3.05, 3.63) is 40.3 Å². The first kappa shape index (κ1) is 16.2. The van der Waals surface area contributed by atoms with Crippen molar-refractivity contribution in [2.24, 2.45) is 0 Å². The molecule has 1 aromatic rings. The second-order valence-electron chi connectivity index (χ2n) is 5.77. The number of carbonyl (C=O) groups excluding carboxylic acids is 1. The molecule has 0 bridgehead atoms. The number of carboxylic acids is 1. The molecule has 6 heteroatoms. The van der Waals surface area contributed by atoms with E-state index in [0.717, 1.165) is 31.2 Å². The smallest absolute Gasteiger partial charge is 0.335 e. The third-order valence-corrected chi connectivity index (χ3v) is 5.55. The van der Waals surface area contributed by atoms with Gasteiger partial charge in [0.05, 0.1) is 10.5 Å². The van der Waals surface area contributed by atoms with Crippen LogP contribution in [0.2, 0.25) is 0 Å². The van der Waals surface area contributed by atoms with Crippen molar-refractivity contribution in [3.8, 4) is 0 Å². The highest BCUT2D eigenvalue weighted by atomic mass is 32.2. The number of rotatable bonds is 3. The maximum atomic E-state index is 12.6. The molecule has 0 atom stereocenters. The van der Waals surface area contributed by atoms with Gasteiger partial charge in [-0.05, 0) is 36.6 Å². The number of carbonyl (C=O) groups is 2. The second kappa shape index (κ2) is 6.84. The Morgan fingerprint density at radius 1 is 1.22 bits per heavy atom. The minimum Gasteiger partial charge on any atom is -0.478 e. The summed E-state index contributed by atoms with van der Waals surface area (Å²) in [6, 6.07) is 6.72. The van der Waals surface area contributed by atoms with Crippen LogP contribution >= 0.6 is 24.0 Å². The minimum atomic E-state index is -0.958. The molecule has 4 nitrogen and oxygen atoms in total. The van der Waals surface area contributed by atoms with Gasteiger partial charge in [0.1, 0.15) is 4.32 Å². The molecule has 1 N–H and O–H groups in total. The zero-order valence-corrected chi connectivity index (χ0v) is 14.2. The van der Waals surface area contributed by atoms with Crippen molar-refractivity contribution < 1.29 is 14.7 Å². The number of carboxylic acid groups (broad SMARTS) is 1. The van der Waals surface area contributed by atoms with Crippen LogP contribution < -0.4 is 0 Å². The van der Waals surface area contributed by atoms with Crippen LogP contribution in [0.5, 0.6) is 0 Å². The van der Waals surface area contributed by atoms with Gasteiger partial charge >= 0.3 is 5.97 Å². The quantitative estimate of drug-likeness (QED) is 0.663. The lowest BCUT2D eigenvalue weighted by molar-refractivity contribution is -0.124. The van der Waals surface area contributed by atoms with Crippen molar-refractivity contribution in [1.82, 2.24) is 4.90 Å². The van der Waals surface area contributed by atoms with Crippen LogP contribution in [0.25, 0.3) is 6.08 Å². The van der Waals surface area contributed by atoms with E-state index in [0.29, 0.717) is 9.23 Å². The standard InChI is InChI=1S/C17H17NO3S2/c19-15-14(10-11-6-8-12(9-7-11)16(20)21)23-17(22)18(15)13-4-2-1-3-5-13/h6-10,13H,1-5H2,(H,20,21). The summed E-state index contributed by atoms with van der Waals surface area (Å²) in [4.78, 5) is 25.9. The molecule has 2 aliphatic rings. The van der Waals surface area contributed by atoms with Crippen molar-refractivity contribution in [1.29, 1.82) is 0 Å². The average molecular weight is 347 g/mol. The molecular formula is C17H17NO3S2. The van der Waals surface area contributed by atoms with Gasteiger partial charge in [0.15, 0.2) is 0 Å². The molecule has 0 aromatic heterocycles. The summed E-state index contributed by atoms with van der Waals surface area (Å²) in [7, 11) is 0. The molecule has 0 spiro atoms. The maximum Gasteiger partial charge on any atom is 0.335 e. The van der Waals surface area contributed by atoms with Crippen LogP contribution in [0.15, 0.2) is 29.2 Å². The van der Waals surface area contributed by atoms with Crippen LogP contribution in [-0.2, 0) is 4.79 Å². The molecule has 1 aliphatic heterocycles. The summed E-state index contributed by atoms with van der Waals surface area (Å²) in [5, 5.41) is 8.92. The summed E-state index contributed by atoms with van der Waals surface area (Å²) in [6.45, 7) is 0. The van der Waals surface area contributed by atoms with E-state index >= 15 is 0 Å². The fourth-order valence-corrected chi connectivity index (χ4v) is 4.41. The normalized spacial score (nSPS) is 21.2. The van der Waals surface area contributed by atoms with Gasteiger partial charge in [0, 0.05) is 6.04 Å². The van der Waals surface area contributed by atoms with E-state index in [-0.39, 0.29) is 17.5 Å². The first-order chi connectivity index (χ1) is 11.1. The van der Waals surface area contributed by atoms with Crippen LogP contribution in [0.1, 0.15) is 48.0 Å². The number of thiocarbonyl (C=S) groups is 1. The molecule has 1 amide bonds. The van der Waals surface area contributed by atoms with E-state index in [4.69, 9.17) is 17.3 Å². The number of hydrogen-bond donors (Lipinski definition) is 1. The summed E-state index contributed by atoms with van der Waals surface area (Å²) < 4.78 is 0.635. The highest BCUT2D eigenvalue weighted by molar-refractivity contribution is 8.26. The van der Waals surface area contributed by atoms with Crippen molar-refractivity contribution in [3.63, 3.8) is 0 Å². The first-order valence-corrected chi connectivity index (χ1v) is 8.89. The Hall–Kier alpha value is -1.66. The molecule has 2 fully saturated rings. The van der Waals surface area contributed by atoms with E-state index in [1.54, 1.807) is 23.1 Å². The summed E-state index contributed by atoms with van der Waals surface area (Å²) >= 11 is 6.73. The maximum absolute atomic E-state index is 12.6. The molecule has 0 unspecified atom stereocenters. The predicted molar refractivity (Wildman–Crippen MR) is 95.3 cm³/mol. The fraction of sp³-hybridized carbons (Fsp3) is 0.353. The molecular weight excluding hydrogens is 330 g/mol. The van der Waals surface area contributed by atoms with Crippen molar-refractivity contribution >= 4 is 46.3 Å². The number of amides is 1. The Kier molecular flexibility index (Phi) is 4.82. The Labute approximate surface area is 144 Å². The van der Waals surface area contributed by atoms with Gasteiger partial charge in [0.25, 0.3) is 5.91 Å². The van der Waals surface area contributed by atoms with E-state index in [1.807, 2.05) is 0 Å². The second-order valence-corrected chi connectivity index (χ2v) is 7.45. The molecule has 1 aliphatic carbocycles. The van der Waals surface area contributed by atoms with E-state index < -0.39 is 5.97 Å². The van der Waals surface area contributed by atoms with E-state index in [2.05, 4.69) is 0 Å². The summed E-state index contributed by atoms with van der Waals surface area (Å²) in [5.74, 6) is -0.977. The number of hydrogen-bond acceptors (Lipinski definition) is 4. The zero-order valence-electron chi connectivity index (χ0n) is 12.5. The highest BCUT2D eigenvalue weighted by Gasteiger charge is 2.37. The number of thioether (sulfide) groups is 1. The monoisotopic (exact) mass is 347 g/mol. The minimum absolute atomic E-state index is 0.0192. The average Bonchev–Trinajstić information content (AvgIpc) is 2.82. The van der Waals surface area contributed by atoms with Crippen LogP contribution in [0.4, 0.5) is 0 Å². The third kappa shape index (κ3) is 3.48. The molecule has 0 radical (unpaired) electrons. The molecule has 1 aromatic carbocycles. The molecule has 1 saturated carbocycles. The van der Waals surface area contributed by atoms with Crippen LogP contribution in [-0.4, -0.2) is 32.2 Å². The van der Waals surface area contributed by atoms with Gasteiger partial charge < -0.3 is 5.11 Å². The lowest BCUT2D eigenvalue weighted by atomic mass is 9.94. The number of benzene rings is 1. The molecule has 120 valence electrons. The summed E-state index contributed by atoms with van der Waals surface area (Å²) in [5.41, 5.74) is 1.04. The lowest BCUT2D eigenvalue weighted by Crippen LogP contribution is -2.39. The SMILES string of the molecule is O=C(O)c1ccc(C=C2SC(=S)N(C3CCCCC3)C2=O)cc1. The van der Waals surface area contributed by atoms with E-state index in [9.17, 15) is 9.59 Å². The van der Waals surface area contributed by atoms with Crippen molar-refractivity contribution in [2.45, 2.75) is 38.1 Å². The Morgan fingerprint density at radius 2 is 1.87 bits per heavy atom.